The van der Waals surface area contributed by atoms with Crippen LogP contribution in [0.2, 0.25) is 0 Å². The Labute approximate surface area is 105 Å². The zero-order valence-corrected chi connectivity index (χ0v) is 10.2. The highest BCUT2D eigenvalue weighted by molar-refractivity contribution is 5.83. The molecule has 0 spiro atoms. The second-order valence-corrected chi connectivity index (χ2v) is 5.02. The Balaban J connectivity index is 2.00. The summed E-state index contributed by atoms with van der Waals surface area (Å²) in [5, 5.41) is 0. The summed E-state index contributed by atoms with van der Waals surface area (Å²) < 4.78 is 25.8. The van der Waals surface area contributed by atoms with Gasteiger partial charge in [0.25, 0.3) is 0 Å². The van der Waals surface area contributed by atoms with Gasteiger partial charge in [0.2, 0.25) is 0 Å². The zero-order valence-electron chi connectivity index (χ0n) is 10.2. The van der Waals surface area contributed by atoms with E-state index >= 15 is 0 Å². The van der Waals surface area contributed by atoms with Gasteiger partial charge in [0.15, 0.2) is 11.6 Å². The van der Waals surface area contributed by atoms with Crippen molar-refractivity contribution < 1.29 is 13.6 Å². The first-order valence-electron chi connectivity index (χ1n) is 6.28. The van der Waals surface area contributed by atoms with E-state index in [1.165, 1.54) is 6.07 Å². The molecular formula is C14H17F2NO. The molecule has 1 fully saturated rings. The molecule has 0 aliphatic heterocycles. The van der Waals surface area contributed by atoms with Crippen molar-refractivity contribution in [1.82, 2.24) is 0 Å². The van der Waals surface area contributed by atoms with E-state index in [4.69, 9.17) is 5.73 Å². The smallest absolute Gasteiger partial charge is 0.159 e. The van der Waals surface area contributed by atoms with Crippen LogP contribution in [0.4, 0.5) is 8.78 Å². The van der Waals surface area contributed by atoms with Crippen LogP contribution in [-0.4, -0.2) is 11.8 Å². The minimum Gasteiger partial charge on any atom is -0.328 e. The van der Waals surface area contributed by atoms with E-state index in [1.54, 1.807) is 0 Å². The second kappa shape index (κ2) is 5.57. The lowest BCUT2D eigenvalue weighted by atomic mass is 9.82. The van der Waals surface area contributed by atoms with Gasteiger partial charge in [0.05, 0.1) is 0 Å². The number of carbonyl (C=O) groups is 1. The maximum atomic E-state index is 13.0. The van der Waals surface area contributed by atoms with E-state index in [0.29, 0.717) is 12.0 Å². The molecule has 0 amide bonds. The van der Waals surface area contributed by atoms with Crippen molar-refractivity contribution in [2.45, 2.75) is 38.1 Å². The lowest BCUT2D eigenvalue weighted by molar-refractivity contribution is -0.123. The maximum absolute atomic E-state index is 13.0. The number of hydrogen-bond donors (Lipinski definition) is 1. The average molecular weight is 253 g/mol. The molecule has 0 radical (unpaired) electrons. The van der Waals surface area contributed by atoms with E-state index < -0.39 is 11.6 Å². The maximum Gasteiger partial charge on any atom is 0.159 e. The van der Waals surface area contributed by atoms with Crippen LogP contribution in [0.25, 0.3) is 0 Å². The first-order valence-corrected chi connectivity index (χ1v) is 6.28. The number of Topliss-reactive ketones (excluding diaryl/α,β-unsaturated/α-hetero) is 1. The molecule has 1 aliphatic rings. The number of halogens is 2. The summed E-state index contributed by atoms with van der Waals surface area (Å²) in [5.74, 6) is -1.73. The molecule has 0 saturated heterocycles. The van der Waals surface area contributed by atoms with Crippen LogP contribution in [0.5, 0.6) is 0 Å². The van der Waals surface area contributed by atoms with Gasteiger partial charge in [-0.25, -0.2) is 8.78 Å². The lowest BCUT2D eigenvalue weighted by Crippen LogP contribution is -2.32. The molecule has 2 atom stereocenters. The first kappa shape index (κ1) is 13.1. The molecule has 0 aromatic heterocycles. The highest BCUT2D eigenvalue weighted by Crippen LogP contribution is 2.25. The molecule has 1 aliphatic carbocycles. The molecular weight excluding hydrogens is 236 g/mol. The second-order valence-electron chi connectivity index (χ2n) is 5.02. The highest BCUT2D eigenvalue weighted by Gasteiger charge is 2.25. The number of nitrogens with two attached hydrogens (primary N) is 1. The normalized spacial score (nSPS) is 23.9. The molecule has 2 N–H and O–H groups in total. The molecule has 2 unspecified atom stereocenters. The molecule has 2 nitrogen and oxygen atoms in total. The fourth-order valence-electron chi connectivity index (χ4n) is 2.52. The molecule has 1 aromatic rings. The summed E-state index contributed by atoms with van der Waals surface area (Å²) in [4.78, 5) is 12.0. The van der Waals surface area contributed by atoms with Crippen molar-refractivity contribution >= 4 is 5.78 Å². The SMILES string of the molecule is NC1CCCC(C(=O)Cc2ccc(F)c(F)c2)C1. The molecule has 18 heavy (non-hydrogen) atoms. The van der Waals surface area contributed by atoms with Crippen molar-refractivity contribution in [1.29, 1.82) is 0 Å². The third kappa shape index (κ3) is 3.13. The topological polar surface area (TPSA) is 43.1 Å². The van der Waals surface area contributed by atoms with Crippen LogP contribution >= 0.6 is 0 Å². The molecule has 98 valence electrons. The van der Waals surface area contributed by atoms with Gasteiger partial charge in [-0.2, -0.15) is 0 Å². The summed E-state index contributed by atoms with van der Waals surface area (Å²) in [6, 6.07) is 3.71. The van der Waals surface area contributed by atoms with Crippen molar-refractivity contribution in [3.05, 3.63) is 35.4 Å². The minimum absolute atomic E-state index is 0.0261. The van der Waals surface area contributed by atoms with Crippen LogP contribution in [0, 0.1) is 17.6 Å². The number of hydrogen-bond acceptors (Lipinski definition) is 2. The number of carbonyl (C=O) groups excluding carboxylic acids is 1. The number of rotatable bonds is 3. The Kier molecular flexibility index (Phi) is 4.07. The van der Waals surface area contributed by atoms with Crippen molar-refractivity contribution in [3.8, 4) is 0 Å². The van der Waals surface area contributed by atoms with E-state index in [2.05, 4.69) is 0 Å². The predicted molar refractivity (Wildman–Crippen MR) is 65.0 cm³/mol. The van der Waals surface area contributed by atoms with Crippen LogP contribution in [0.3, 0.4) is 0 Å². The Bertz CT molecular complexity index is 447. The largest absolute Gasteiger partial charge is 0.328 e. The molecule has 2 rings (SSSR count). The van der Waals surface area contributed by atoms with Crippen LogP contribution in [0.15, 0.2) is 18.2 Å². The molecule has 0 bridgehead atoms. The van der Waals surface area contributed by atoms with E-state index in [-0.39, 0.29) is 24.2 Å². The molecule has 1 saturated carbocycles. The Morgan fingerprint density at radius 1 is 1.28 bits per heavy atom. The van der Waals surface area contributed by atoms with Gasteiger partial charge in [-0.15, -0.1) is 0 Å². The van der Waals surface area contributed by atoms with Gasteiger partial charge < -0.3 is 5.73 Å². The van der Waals surface area contributed by atoms with E-state index in [0.717, 1.165) is 31.4 Å². The number of benzene rings is 1. The predicted octanol–water partition coefficient (Wildman–Crippen LogP) is 2.59. The summed E-state index contributed by atoms with van der Waals surface area (Å²) in [6.07, 6.45) is 3.66. The molecule has 4 heteroatoms. The van der Waals surface area contributed by atoms with Gasteiger partial charge >= 0.3 is 0 Å². The van der Waals surface area contributed by atoms with Crippen molar-refractivity contribution in [2.75, 3.05) is 0 Å². The van der Waals surface area contributed by atoms with Crippen LogP contribution in [0.1, 0.15) is 31.2 Å². The van der Waals surface area contributed by atoms with E-state index in [1.807, 2.05) is 0 Å². The van der Waals surface area contributed by atoms with Gasteiger partial charge in [-0.1, -0.05) is 12.5 Å². The third-order valence-corrected chi connectivity index (χ3v) is 3.53. The summed E-state index contributed by atoms with van der Waals surface area (Å²) in [6.45, 7) is 0. The van der Waals surface area contributed by atoms with Gasteiger partial charge in [0.1, 0.15) is 5.78 Å². The van der Waals surface area contributed by atoms with E-state index in [9.17, 15) is 13.6 Å². The Morgan fingerprint density at radius 3 is 2.72 bits per heavy atom. The van der Waals surface area contributed by atoms with Crippen LogP contribution < -0.4 is 5.73 Å². The standard InChI is InChI=1S/C14H17F2NO/c15-12-5-4-9(6-13(12)16)7-14(18)10-2-1-3-11(17)8-10/h4-6,10-11H,1-3,7-8,17H2. The Hall–Kier alpha value is -1.29. The zero-order chi connectivity index (χ0) is 13.1. The fourth-order valence-corrected chi connectivity index (χ4v) is 2.52. The van der Waals surface area contributed by atoms with Crippen molar-refractivity contribution in [2.24, 2.45) is 11.7 Å². The van der Waals surface area contributed by atoms with Crippen LogP contribution in [-0.2, 0) is 11.2 Å². The molecule has 0 heterocycles. The highest BCUT2D eigenvalue weighted by atomic mass is 19.2. The molecule has 1 aromatic carbocycles. The summed E-state index contributed by atoms with van der Waals surface area (Å²) >= 11 is 0. The van der Waals surface area contributed by atoms with Gasteiger partial charge in [-0.05, 0) is 37.0 Å². The Morgan fingerprint density at radius 2 is 2.06 bits per heavy atom. The summed E-state index contributed by atoms with van der Waals surface area (Å²) in [7, 11) is 0. The average Bonchev–Trinajstić information content (AvgIpc) is 2.34. The first-order chi connectivity index (χ1) is 8.56. The lowest BCUT2D eigenvalue weighted by Gasteiger charge is -2.25. The summed E-state index contributed by atoms with van der Waals surface area (Å²) in [5.41, 5.74) is 6.36. The quantitative estimate of drug-likeness (QED) is 0.899. The number of ketones is 1. The van der Waals surface area contributed by atoms with Gasteiger partial charge in [-0.3, -0.25) is 4.79 Å². The monoisotopic (exact) mass is 253 g/mol. The van der Waals surface area contributed by atoms with Crippen molar-refractivity contribution in [3.63, 3.8) is 0 Å². The minimum atomic E-state index is -0.902. The fraction of sp³-hybridized carbons (Fsp3) is 0.500. The van der Waals surface area contributed by atoms with Gasteiger partial charge in [0, 0.05) is 18.4 Å². The third-order valence-electron chi connectivity index (χ3n) is 3.53.